The molecule has 0 saturated heterocycles. The molecule has 0 aliphatic carbocycles. The molecular formula is C19H23IN4OS. The molecule has 2 heterocycles. The molecule has 0 saturated carbocycles. The third kappa shape index (κ3) is 5.84. The lowest BCUT2D eigenvalue weighted by molar-refractivity contribution is 0.572. The first kappa shape index (κ1) is 20.4. The topological polar surface area (TPSA) is 62.5 Å². The van der Waals surface area contributed by atoms with Gasteiger partial charge in [0.2, 0.25) is 5.89 Å². The van der Waals surface area contributed by atoms with Crippen molar-refractivity contribution in [2.75, 3.05) is 6.54 Å². The first-order valence-electron chi connectivity index (χ1n) is 8.30. The minimum absolute atomic E-state index is 0. The molecule has 5 nitrogen and oxygen atoms in total. The molecule has 1 aromatic carbocycles. The van der Waals surface area contributed by atoms with Crippen LogP contribution < -0.4 is 10.6 Å². The Labute approximate surface area is 175 Å². The van der Waals surface area contributed by atoms with Crippen molar-refractivity contribution in [3.63, 3.8) is 0 Å². The standard InChI is InChI=1S/C19H22N4OS.HI/c1-3-20-19(22-12-17-5-4-10-25-17)21-11-16-13-24-18(23-16)15-8-6-14(2)7-9-15;/h4-10,13H,3,11-12H2,1-2H3,(H2,20,21,22);1H. The van der Waals surface area contributed by atoms with Crippen molar-refractivity contribution in [3.05, 3.63) is 64.2 Å². The molecule has 26 heavy (non-hydrogen) atoms. The normalized spacial score (nSPS) is 11.1. The van der Waals surface area contributed by atoms with Crippen LogP contribution in [0, 0.1) is 6.92 Å². The van der Waals surface area contributed by atoms with Crippen molar-refractivity contribution in [3.8, 4) is 11.5 Å². The van der Waals surface area contributed by atoms with Crippen molar-refractivity contribution in [1.29, 1.82) is 0 Å². The number of guanidine groups is 1. The first-order chi connectivity index (χ1) is 12.2. The Morgan fingerprint density at radius 3 is 2.69 bits per heavy atom. The number of hydrogen-bond acceptors (Lipinski definition) is 4. The van der Waals surface area contributed by atoms with Gasteiger partial charge in [0.1, 0.15) is 12.0 Å². The van der Waals surface area contributed by atoms with E-state index in [-0.39, 0.29) is 24.0 Å². The van der Waals surface area contributed by atoms with Crippen LogP contribution in [0.25, 0.3) is 11.5 Å². The highest BCUT2D eigenvalue weighted by Crippen LogP contribution is 2.19. The van der Waals surface area contributed by atoms with E-state index >= 15 is 0 Å². The minimum Gasteiger partial charge on any atom is -0.444 e. The van der Waals surface area contributed by atoms with Gasteiger partial charge >= 0.3 is 0 Å². The van der Waals surface area contributed by atoms with E-state index in [1.165, 1.54) is 10.4 Å². The third-order valence-electron chi connectivity index (χ3n) is 3.60. The lowest BCUT2D eigenvalue weighted by atomic mass is 10.1. The minimum atomic E-state index is 0. The summed E-state index contributed by atoms with van der Waals surface area (Å²) >= 11 is 1.73. The molecule has 7 heteroatoms. The van der Waals surface area contributed by atoms with Gasteiger partial charge in [0, 0.05) is 17.0 Å². The van der Waals surface area contributed by atoms with E-state index in [0.717, 1.165) is 30.3 Å². The summed E-state index contributed by atoms with van der Waals surface area (Å²) in [4.78, 5) is 10.4. The van der Waals surface area contributed by atoms with E-state index in [0.29, 0.717) is 12.4 Å². The Balaban J connectivity index is 0.00000243. The molecule has 3 rings (SSSR count). The predicted octanol–water partition coefficient (Wildman–Crippen LogP) is 4.58. The number of aromatic nitrogens is 1. The Kier molecular flexibility index (Phi) is 8.11. The van der Waals surface area contributed by atoms with Gasteiger partial charge in [0.15, 0.2) is 5.96 Å². The third-order valence-corrected chi connectivity index (χ3v) is 4.48. The van der Waals surface area contributed by atoms with Crippen molar-refractivity contribution < 1.29 is 4.42 Å². The fourth-order valence-corrected chi connectivity index (χ4v) is 2.94. The van der Waals surface area contributed by atoms with E-state index in [1.54, 1.807) is 17.6 Å². The Bertz CT molecular complexity index is 812. The van der Waals surface area contributed by atoms with Crippen molar-refractivity contribution in [2.45, 2.75) is 26.9 Å². The van der Waals surface area contributed by atoms with Gasteiger partial charge in [0.25, 0.3) is 0 Å². The zero-order valence-electron chi connectivity index (χ0n) is 14.9. The Hall–Kier alpha value is -1.87. The van der Waals surface area contributed by atoms with E-state index < -0.39 is 0 Å². The average molecular weight is 482 g/mol. The summed E-state index contributed by atoms with van der Waals surface area (Å²) in [5.74, 6) is 1.40. The molecule has 3 aromatic rings. The Morgan fingerprint density at radius 2 is 2.00 bits per heavy atom. The highest BCUT2D eigenvalue weighted by Gasteiger charge is 2.07. The van der Waals surface area contributed by atoms with E-state index in [1.807, 2.05) is 25.1 Å². The fourth-order valence-electron chi connectivity index (χ4n) is 2.29. The van der Waals surface area contributed by atoms with Crippen LogP contribution >= 0.6 is 35.3 Å². The monoisotopic (exact) mass is 482 g/mol. The molecule has 0 radical (unpaired) electrons. The number of rotatable bonds is 6. The summed E-state index contributed by atoms with van der Waals surface area (Å²) in [6.45, 7) is 6.15. The number of aryl methyl sites for hydroxylation is 1. The van der Waals surface area contributed by atoms with Gasteiger partial charge in [-0.2, -0.15) is 0 Å². The molecule has 0 atom stereocenters. The number of oxazole rings is 1. The van der Waals surface area contributed by atoms with Crippen LogP contribution in [0.15, 0.2) is 57.5 Å². The zero-order valence-corrected chi connectivity index (χ0v) is 18.0. The van der Waals surface area contributed by atoms with E-state index in [2.05, 4.69) is 51.1 Å². The van der Waals surface area contributed by atoms with Crippen molar-refractivity contribution >= 4 is 41.3 Å². The fraction of sp³-hybridized carbons (Fsp3) is 0.263. The van der Waals surface area contributed by atoms with Crippen LogP contribution in [-0.4, -0.2) is 17.5 Å². The number of nitrogens with one attached hydrogen (secondary N) is 2. The smallest absolute Gasteiger partial charge is 0.226 e. The summed E-state index contributed by atoms with van der Waals surface area (Å²) in [6, 6.07) is 12.3. The van der Waals surface area contributed by atoms with Gasteiger partial charge in [-0.1, -0.05) is 23.8 Å². The molecule has 2 N–H and O–H groups in total. The van der Waals surface area contributed by atoms with Crippen LogP contribution in [0.4, 0.5) is 0 Å². The number of nitrogens with zero attached hydrogens (tertiary/aromatic N) is 2. The number of aliphatic imine (C=N–C) groups is 1. The van der Waals surface area contributed by atoms with Crippen LogP contribution in [0.2, 0.25) is 0 Å². The van der Waals surface area contributed by atoms with Gasteiger partial charge < -0.3 is 15.1 Å². The summed E-state index contributed by atoms with van der Waals surface area (Å²) in [5.41, 5.74) is 3.00. The van der Waals surface area contributed by atoms with Crippen molar-refractivity contribution in [1.82, 2.24) is 15.6 Å². The average Bonchev–Trinajstić information content (AvgIpc) is 3.30. The summed E-state index contributed by atoms with van der Waals surface area (Å²) in [5, 5.41) is 8.65. The van der Waals surface area contributed by atoms with Gasteiger partial charge in [-0.15, -0.1) is 35.3 Å². The summed E-state index contributed by atoms with van der Waals surface area (Å²) < 4.78 is 5.58. The molecule has 0 bridgehead atoms. The maximum Gasteiger partial charge on any atom is 0.226 e. The highest BCUT2D eigenvalue weighted by molar-refractivity contribution is 14.0. The molecule has 0 unspecified atom stereocenters. The van der Waals surface area contributed by atoms with Gasteiger partial charge in [0.05, 0.1) is 13.1 Å². The van der Waals surface area contributed by atoms with Gasteiger partial charge in [-0.3, -0.25) is 0 Å². The van der Waals surface area contributed by atoms with E-state index in [9.17, 15) is 0 Å². The second-order valence-electron chi connectivity index (χ2n) is 5.64. The largest absolute Gasteiger partial charge is 0.444 e. The molecule has 0 spiro atoms. The molecule has 138 valence electrons. The quantitative estimate of drug-likeness (QED) is 0.307. The number of thiophene rings is 1. The molecule has 0 fully saturated rings. The van der Waals surface area contributed by atoms with Crippen molar-refractivity contribution in [2.24, 2.45) is 4.99 Å². The van der Waals surface area contributed by atoms with Crippen LogP contribution in [-0.2, 0) is 13.1 Å². The van der Waals surface area contributed by atoms with Gasteiger partial charge in [-0.25, -0.2) is 9.98 Å². The summed E-state index contributed by atoms with van der Waals surface area (Å²) in [7, 11) is 0. The zero-order chi connectivity index (χ0) is 17.5. The lowest BCUT2D eigenvalue weighted by Crippen LogP contribution is -2.36. The molecule has 0 aliphatic rings. The number of hydrogen-bond donors (Lipinski definition) is 2. The molecule has 2 aromatic heterocycles. The lowest BCUT2D eigenvalue weighted by Gasteiger charge is -2.09. The second-order valence-corrected chi connectivity index (χ2v) is 6.67. The molecular weight excluding hydrogens is 459 g/mol. The van der Waals surface area contributed by atoms with Crippen LogP contribution in [0.5, 0.6) is 0 Å². The Morgan fingerprint density at radius 1 is 1.19 bits per heavy atom. The van der Waals surface area contributed by atoms with E-state index in [4.69, 9.17) is 4.42 Å². The first-order valence-corrected chi connectivity index (χ1v) is 9.18. The maximum atomic E-state index is 5.58. The summed E-state index contributed by atoms with van der Waals surface area (Å²) in [6.07, 6.45) is 1.67. The number of benzene rings is 1. The van der Waals surface area contributed by atoms with Crippen LogP contribution in [0.1, 0.15) is 23.1 Å². The highest BCUT2D eigenvalue weighted by atomic mass is 127. The molecule has 0 amide bonds. The maximum absolute atomic E-state index is 5.58. The molecule has 0 aliphatic heterocycles. The SMILES string of the molecule is CCNC(=NCc1coc(-c2ccc(C)cc2)n1)NCc1cccs1.I. The predicted molar refractivity (Wildman–Crippen MR) is 118 cm³/mol. The van der Waals surface area contributed by atoms with Gasteiger partial charge in [-0.05, 0) is 37.4 Å². The number of halogens is 1. The van der Waals surface area contributed by atoms with Crippen LogP contribution in [0.3, 0.4) is 0 Å². The second kappa shape index (κ2) is 10.3.